The maximum Gasteiger partial charge on any atom is 0.330 e. The number of likely N-dealkylation sites (tertiary alicyclic amines) is 1. The monoisotopic (exact) mass is 280 g/mol. The first-order valence-corrected chi connectivity index (χ1v) is 7.24. The van der Waals surface area contributed by atoms with Gasteiger partial charge in [0.25, 0.3) is 5.56 Å². The molecule has 0 amide bonds. The molecular weight excluding hydrogens is 256 g/mol. The second-order valence-electron chi connectivity index (χ2n) is 5.50. The molecule has 1 fully saturated rings. The first-order chi connectivity index (χ1) is 9.52. The standard InChI is InChI=1S/C14H24N4O2/c1-4-18-7-5-12(6-8-18)15-9-11-10-16(2)14(20)17(3)13(11)19/h10,12,15H,4-9H2,1-3H3. The molecule has 0 radical (unpaired) electrons. The van der Waals surface area contributed by atoms with Crippen LogP contribution in [0.1, 0.15) is 25.3 Å². The largest absolute Gasteiger partial charge is 0.330 e. The minimum atomic E-state index is -0.282. The Kier molecular flexibility index (Phi) is 4.77. The number of rotatable bonds is 4. The zero-order valence-electron chi connectivity index (χ0n) is 12.6. The zero-order chi connectivity index (χ0) is 14.7. The molecular formula is C14H24N4O2. The molecule has 1 aliphatic heterocycles. The lowest BCUT2D eigenvalue weighted by Crippen LogP contribution is -2.44. The van der Waals surface area contributed by atoms with Crippen LogP contribution >= 0.6 is 0 Å². The van der Waals surface area contributed by atoms with Gasteiger partial charge in [-0.3, -0.25) is 9.36 Å². The predicted octanol–water partition coefficient (Wildman–Crippen LogP) is -0.342. The van der Waals surface area contributed by atoms with Crippen LogP contribution < -0.4 is 16.6 Å². The minimum Gasteiger partial charge on any atom is -0.310 e. The van der Waals surface area contributed by atoms with Crippen molar-refractivity contribution in [3.05, 3.63) is 32.6 Å². The van der Waals surface area contributed by atoms with E-state index in [1.165, 1.54) is 11.6 Å². The second kappa shape index (κ2) is 6.37. The average Bonchev–Trinajstić information content (AvgIpc) is 2.48. The van der Waals surface area contributed by atoms with Crippen molar-refractivity contribution in [3.63, 3.8) is 0 Å². The van der Waals surface area contributed by atoms with Crippen LogP contribution in [-0.2, 0) is 20.6 Å². The third-order valence-corrected chi connectivity index (χ3v) is 4.13. The third-order valence-electron chi connectivity index (χ3n) is 4.13. The molecule has 1 N–H and O–H groups in total. The summed E-state index contributed by atoms with van der Waals surface area (Å²) in [5.74, 6) is 0. The van der Waals surface area contributed by atoms with Gasteiger partial charge in [-0.1, -0.05) is 6.92 Å². The van der Waals surface area contributed by atoms with Crippen molar-refractivity contribution in [2.45, 2.75) is 32.4 Å². The molecule has 112 valence electrons. The highest BCUT2D eigenvalue weighted by atomic mass is 16.2. The molecule has 0 bridgehead atoms. The summed E-state index contributed by atoms with van der Waals surface area (Å²) in [6.45, 7) is 6.03. The molecule has 1 aromatic heterocycles. The van der Waals surface area contributed by atoms with E-state index in [4.69, 9.17) is 0 Å². The topological polar surface area (TPSA) is 59.3 Å². The second-order valence-corrected chi connectivity index (χ2v) is 5.50. The Balaban J connectivity index is 1.99. The van der Waals surface area contributed by atoms with E-state index in [1.807, 2.05) is 0 Å². The summed E-state index contributed by atoms with van der Waals surface area (Å²) in [6, 6.07) is 0.458. The van der Waals surface area contributed by atoms with Crippen molar-refractivity contribution in [1.29, 1.82) is 0 Å². The molecule has 0 atom stereocenters. The van der Waals surface area contributed by atoms with E-state index in [1.54, 1.807) is 13.2 Å². The van der Waals surface area contributed by atoms with Gasteiger partial charge in [-0.2, -0.15) is 0 Å². The highest BCUT2D eigenvalue weighted by molar-refractivity contribution is 5.05. The Morgan fingerprint density at radius 2 is 1.90 bits per heavy atom. The van der Waals surface area contributed by atoms with Gasteiger partial charge < -0.3 is 14.8 Å². The van der Waals surface area contributed by atoms with Crippen LogP contribution in [0.2, 0.25) is 0 Å². The molecule has 0 unspecified atom stereocenters. The van der Waals surface area contributed by atoms with Crippen molar-refractivity contribution in [2.24, 2.45) is 14.1 Å². The van der Waals surface area contributed by atoms with Gasteiger partial charge in [0.15, 0.2) is 0 Å². The molecule has 1 saturated heterocycles. The fourth-order valence-corrected chi connectivity index (χ4v) is 2.71. The maximum atomic E-state index is 12.0. The minimum absolute atomic E-state index is 0.202. The van der Waals surface area contributed by atoms with Crippen molar-refractivity contribution in [2.75, 3.05) is 19.6 Å². The van der Waals surface area contributed by atoms with Gasteiger partial charge in [-0.05, 0) is 32.5 Å². The Bertz CT molecular complexity index is 568. The fraction of sp³-hybridized carbons (Fsp3) is 0.714. The molecule has 6 nitrogen and oxygen atoms in total. The molecule has 0 aromatic carbocycles. The molecule has 0 spiro atoms. The molecule has 1 aromatic rings. The van der Waals surface area contributed by atoms with Crippen LogP contribution in [-0.4, -0.2) is 39.7 Å². The first-order valence-electron chi connectivity index (χ1n) is 7.24. The molecule has 20 heavy (non-hydrogen) atoms. The number of hydrogen-bond acceptors (Lipinski definition) is 4. The Morgan fingerprint density at radius 1 is 1.25 bits per heavy atom. The zero-order valence-corrected chi connectivity index (χ0v) is 12.6. The van der Waals surface area contributed by atoms with Crippen molar-refractivity contribution in [1.82, 2.24) is 19.4 Å². The average molecular weight is 280 g/mol. The van der Waals surface area contributed by atoms with Crippen LogP contribution in [0.25, 0.3) is 0 Å². The van der Waals surface area contributed by atoms with Gasteiger partial charge in [-0.25, -0.2) is 4.79 Å². The number of nitrogens with zero attached hydrogens (tertiary/aromatic N) is 3. The lowest BCUT2D eigenvalue weighted by Gasteiger charge is -2.31. The Hall–Kier alpha value is -1.40. The lowest BCUT2D eigenvalue weighted by molar-refractivity contribution is 0.205. The van der Waals surface area contributed by atoms with E-state index >= 15 is 0 Å². The summed E-state index contributed by atoms with van der Waals surface area (Å²) < 4.78 is 2.62. The molecule has 0 aliphatic carbocycles. The van der Waals surface area contributed by atoms with Crippen LogP contribution in [0.4, 0.5) is 0 Å². The summed E-state index contributed by atoms with van der Waals surface area (Å²) in [7, 11) is 3.19. The highest BCUT2D eigenvalue weighted by Crippen LogP contribution is 2.09. The molecule has 2 heterocycles. The first kappa shape index (κ1) is 15.0. The summed E-state index contributed by atoms with van der Waals surface area (Å²) in [4.78, 5) is 26.1. The SMILES string of the molecule is CCN1CCC(NCc2cn(C)c(=O)n(C)c2=O)CC1. The molecule has 0 saturated carbocycles. The summed E-state index contributed by atoms with van der Waals surface area (Å²) in [5, 5.41) is 3.44. The van der Waals surface area contributed by atoms with Crippen LogP contribution in [0, 0.1) is 0 Å². The number of piperidine rings is 1. The maximum absolute atomic E-state index is 12.0. The highest BCUT2D eigenvalue weighted by Gasteiger charge is 2.18. The van der Waals surface area contributed by atoms with Crippen molar-refractivity contribution in [3.8, 4) is 0 Å². The van der Waals surface area contributed by atoms with Crippen molar-refractivity contribution >= 4 is 0 Å². The van der Waals surface area contributed by atoms with E-state index in [-0.39, 0.29) is 11.2 Å². The predicted molar refractivity (Wildman–Crippen MR) is 78.9 cm³/mol. The van der Waals surface area contributed by atoms with Gasteiger partial charge in [0.2, 0.25) is 0 Å². The number of aromatic nitrogens is 2. The van der Waals surface area contributed by atoms with Crippen LogP contribution in [0.5, 0.6) is 0 Å². The lowest BCUT2D eigenvalue weighted by atomic mass is 10.0. The summed E-state index contributed by atoms with van der Waals surface area (Å²) >= 11 is 0. The third kappa shape index (κ3) is 3.19. The quantitative estimate of drug-likeness (QED) is 0.819. The van der Waals surface area contributed by atoms with Gasteiger partial charge in [0, 0.05) is 38.4 Å². The number of nitrogens with one attached hydrogen (secondary N) is 1. The van der Waals surface area contributed by atoms with Crippen molar-refractivity contribution < 1.29 is 0 Å². The van der Waals surface area contributed by atoms with E-state index in [9.17, 15) is 9.59 Å². The van der Waals surface area contributed by atoms with Crippen LogP contribution in [0.3, 0.4) is 0 Å². The number of hydrogen-bond donors (Lipinski definition) is 1. The van der Waals surface area contributed by atoms with Crippen LogP contribution in [0.15, 0.2) is 15.8 Å². The van der Waals surface area contributed by atoms with Gasteiger partial charge in [0.05, 0.1) is 0 Å². The molecule has 1 aliphatic rings. The van der Waals surface area contributed by atoms with Gasteiger partial charge in [-0.15, -0.1) is 0 Å². The van der Waals surface area contributed by atoms with Gasteiger partial charge in [0.1, 0.15) is 0 Å². The molecule has 2 rings (SSSR count). The van der Waals surface area contributed by atoms with E-state index < -0.39 is 0 Å². The van der Waals surface area contributed by atoms with E-state index in [0.717, 1.165) is 37.0 Å². The Labute approximate surface area is 119 Å². The van der Waals surface area contributed by atoms with E-state index in [0.29, 0.717) is 18.2 Å². The smallest absolute Gasteiger partial charge is 0.310 e. The number of aryl methyl sites for hydroxylation is 1. The summed E-state index contributed by atoms with van der Waals surface area (Å²) in [5.41, 5.74) is 0.161. The normalized spacial score (nSPS) is 17.6. The van der Waals surface area contributed by atoms with E-state index in [2.05, 4.69) is 17.1 Å². The van der Waals surface area contributed by atoms with Gasteiger partial charge >= 0.3 is 5.69 Å². The fourth-order valence-electron chi connectivity index (χ4n) is 2.71. The molecule has 6 heteroatoms. The summed E-state index contributed by atoms with van der Waals surface area (Å²) in [6.07, 6.45) is 3.86. The Morgan fingerprint density at radius 3 is 2.50 bits per heavy atom.